The Morgan fingerprint density at radius 2 is 2.38 bits per heavy atom. The van der Waals surface area contributed by atoms with E-state index in [9.17, 15) is 4.79 Å². The molecule has 6 heteroatoms. The molecule has 0 saturated heterocycles. The van der Waals surface area contributed by atoms with Crippen molar-refractivity contribution in [3.05, 3.63) is 0 Å². The Hall–Kier alpha value is -0.750. The minimum absolute atomic E-state index is 0.142. The Balaban J connectivity index is 2.51. The van der Waals surface area contributed by atoms with Gasteiger partial charge in [0.05, 0.1) is 12.4 Å². The van der Waals surface area contributed by atoms with Crippen LogP contribution in [0.25, 0.3) is 0 Å². The normalized spacial score (nSPS) is 17.6. The summed E-state index contributed by atoms with van der Waals surface area (Å²) in [6.07, 6.45) is 0.712. The summed E-state index contributed by atoms with van der Waals surface area (Å²) in [5.74, 6) is 0.719. The zero-order chi connectivity index (χ0) is 12.1. The summed E-state index contributed by atoms with van der Waals surface area (Å²) in [4.78, 5) is 11.4. The third-order valence-electron chi connectivity index (χ3n) is 2.06. The molecule has 1 atom stereocenters. The van der Waals surface area contributed by atoms with Gasteiger partial charge in [-0.3, -0.25) is 0 Å². The standard InChI is InChI=1S/C10H19N3O2S/c1-4-15-10(14)8-6-16-13(12-8)9(11)5-7(2)3/h7,9H,4-6,11H2,1-3H3/t9-/m0/s1. The first-order valence-electron chi connectivity index (χ1n) is 5.47. The number of nitrogens with zero attached hydrogens (tertiary/aromatic N) is 2. The largest absolute Gasteiger partial charge is 0.461 e. The quantitative estimate of drug-likeness (QED) is 0.582. The highest BCUT2D eigenvalue weighted by molar-refractivity contribution is 7.98. The molecule has 92 valence electrons. The van der Waals surface area contributed by atoms with Crippen LogP contribution in [-0.2, 0) is 9.53 Å². The van der Waals surface area contributed by atoms with E-state index in [0.29, 0.717) is 24.0 Å². The zero-order valence-electron chi connectivity index (χ0n) is 9.97. The molecular formula is C10H19N3O2S. The van der Waals surface area contributed by atoms with E-state index in [1.165, 1.54) is 11.9 Å². The summed E-state index contributed by atoms with van der Waals surface area (Å²) >= 11 is 1.46. The molecule has 0 saturated carbocycles. The maximum absolute atomic E-state index is 11.4. The molecule has 2 N–H and O–H groups in total. The highest BCUT2D eigenvalue weighted by Gasteiger charge is 2.26. The Morgan fingerprint density at radius 3 is 2.94 bits per heavy atom. The lowest BCUT2D eigenvalue weighted by Gasteiger charge is -2.21. The van der Waals surface area contributed by atoms with Gasteiger partial charge in [-0.2, -0.15) is 5.10 Å². The number of nitrogens with two attached hydrogens (primary N) is 1. The number of ether oxygens (including phenoxy) is 1. The summed E-state index contributed by atoms with van der Waals surface area (Å²) in [5, 5.41) is 4.17. The number of hydrogen-bond acceptors (Lipinski definition) is 6. The van der Waals surface area contributed by atoms with Crippen molar-refractivity contribution >= 4 is 23.6 Å². The molecule has 1 aliphatic rings. The Morgan fingerprint density at radius 1 is 1.69 bits per heavy atom. The lowest BCUT2D eigenvalue weighted by Crippen LogP contribution is -2.34. The molecule has 1 rings (SSSR count). The Labute approximate surface area is 101 Å². The predicted molar refractivity (Wildman–Crippen MR) is 65.8 cm³/mol. The van der Waals surface area contributed by atoms with E-state index in [4.69, 9.17) is 10.5 Å². The third kappa shape index (κ3) is 3.68. The van der Waals surface area contributed by atoms with Crippen molar-refractivity contribution in [2.45, 2.75) is 33.4 Å². The van der Waals surface area contributed by atoms with Crippen LogP contribution in [0.3, 0.4) is 0 Å². The first-order chi connectivity index (χ1) is 7.54. The minimum atomic E-state index is -0.339. The third-order valence-corrected chi connectivity index (χ3v) is 3.08. The predicted octanol–water partition coefficient (Wildman–Crippen LogP) is 1.20. The monoisotopic (exact) mass is 245 g/mol. The summed E-state index contributed by atoms with van der Waals surface area (Å²) in [5.41, 5.74) is 6.41. The van der Waals surface area contributed by atoms with Crippen LogP contribution in [0, 0.1) is 5.92 Å². The fourth-order valence-corrected chi connectivity index (χ4v) is 2.23. The number of carbonyl (C=O) groups is 1. The topological polar surface area (TPSA) is 67.9 Å². The van der Waals surface area contributed by atoms with Gasteiger partial charge >= 0.3 is 5.97 Å². The molecule has 0 aliphatic carbocycles. The average molecular weight is 245 g/mol. The van der Waals surface area contributed by atoms with E-state index in [0.717, 1.165) is 6.42 Å². The van der Waals surface area contributed by atoms with Gasteiger partial charge in [0.15, 0.2) is 5.71 Å². The highest BCUT2D eigenvalue weighted by Crippen LogP contribution is 2.23. The number of carbonyl (C=O) groups excluding carboxylic acids is 1. The van der Waals surface area contributed by atoms with E-state index < -0.39 is 0 Å². The second-order valence-electron chi connectivity index (χ2n) is 4.04. The second kappa shape index (κ2) is 6.10. The maximum Gasteiger partial charge on any atom is 0.355 e. The first-order valence-corrected chi connectivity index (χ1v) is 6.41. The van der Waals surface area contributed by atoms with E-state index >= 15 is 0 Å². The summed E-state index contributed by atoms with van der Waals surface area (Å²) in [7, 11) is 0. The fourth-order valence-electron chi connectivity index (χ4n) is 1.36. The van der Waals surface area contributed by atoms with Crippen molar-refractivity contribution < 1.29 is 9.53 Å². The molecule has 0 amide bonds. The fraction of sp³-hybridized carbons (Fsp3) is 0.800. The molecule has 0 radical (unpaired) electrons. The molecular weight excluding hydrogens is 226 g/mol. The maximum atomic E-state index is 11.4. The van der Waals surface area contributed by atoms with Crippen LogP contribution >= 0.6 is 11.9 Å². The molecule has 0 spiro atoms. The van der Waals surface area contributed by atoms with Crippen molar-refractivity contribution in [3.63, 3.8) is 0 Å². The summed E-state index contributed by atoms with van der Waals surface area (Å²) in [6.45, 7) is 6.37. The van der Waals surface area contributed by atoms with Crippen LogP contribution in [0.1, 0.15) is 27.2 Å². The van der Waals surface area contributed by atoms with E-state index in [1.807, 2.05) is 0 Å². The first kappa shape index (κ1) is 13.3. The van der Waals surface area contributed by atoms with Gasteiger partial charge in [-0.25, -0.2) is 9.21 Å². The van der Waals surface area contributed by atoms with Gasteiger partial charge in [0.2, 0.25) is 0 Å². The van der Waals surface area contributed by atoms with Crippen molar-refractivity contribution in [1.82, 2.24) is 4.41 Å². The van der Waals surface area contributed by atoms with E-state index in [2.05, 4.69) is 18.9 Å². The molecule has 5 nitrogen and oxygen atoms in total. The lowest BCUT2D eigenvalue weighted by molar-refractivity contribution is -0.135. The van der Waals surface area contributed by atoms with Gasteiger partial charge in [-0.05, 0) is 31.2 Å². The lowest BCUT2D eigenvalue weighted by atomic mass is 10.1. The zero-order valence-corrected chi connectivity index (χ0v) is 10.8. The van der Waals surface area contributed by atoms with Gasteiger partial charge in [0.25, 0.3) is 0 Å². The minimum Gasteiger partial charge on any atom is -0.461 e. The molecule has 0 aromatic heterocycles. The number of rotatable bonds is 5. The van der Waals surface area contributed by atoms with Crippen molar-refractivity contribution in [2.75, 3.05) is 12.4 Å². The second-order valence-corrected chi connectivity index (χ2v) is 4.96. The number of hydrogen-bond donors (Lipinski definition) is 1. The Kier molecular flexibility index (Phi) is 5.08. The van der Waals surface area contributed by atoms with Gasteiger partial charge in [-0.1, -0.05) is 13.8 Å². The van der Waals surface area contributed by atoms with Gasteiger partial charge in [0.1, 0.15) is 6.17 Å². The van der Waals surface area contributed by atoms with Crippen LogP contribution in [0.4, 0.5) is 0 Å². The highest BCUT2D eigenvalue weighted by atomic mass is 32.2. The van der Waals surface area contributed by atoms with E-state index in [1.54, 1.807) is 11.3 Å². The van der Waals surface area contributed by atoms with Gasteiger partial charge in [0, 0.05) is 0 Å². The molecule has 0 aromatic rings. The van der Waals surface area contributed by atoms with Crippen molar-refractivity contribution in [3.8, 4) is 0 Å². The number of hydrazone groups is 1. The van der Waals surface area contributed by atoms with E-state index in [-0.39, 0.29) is 12.1 Å². The van der Waals surface area contributed by atoms with Crippen LogP contribution in [-0.4, -0.2) is 34.6 Å². The molecule has 16 heavy (non-hydrogen) atoms. The molecule has 0 unspecified atom stereocenters. The molecule has 1 heterocycles. The van der Waals surface area contributed by atoms with Gasteiger partial charge in [-0.15, -0.1) is 0 Å². The summed E-state index contributed by atoms with van der Waals surface area (Å²) in [6, 6.07) is 0. The van der Waals surface area contributed by atoms with Crippen LogP contribution in [0.15, 0.2) is 5.10 Å². The van der Waals surface area contributed by atoms with Crippen LogP contribution in [0.2, 0.25) is 0 Å². The van der Waals surface area contributed by atoms with Crippen molar-refractivity contribution in [2.24, 2.45) is 16.8 Å². The van der Waals surface area contributed by atoms with Gasteiger partial charge < -0.3 is 10.5 Å². The smallest absolute Gasteiger partial charge is 0.355 e. The average Bonchev–Trinajstić information content (AvgIpc) is 2.65. The number of esters is 1. The van der Waals surface area contributed by atoms with Crippen LogP contribution < -0.4 is 5.73 Å². The SMILES string of the molecule is CCOC(=O)C1=NN([C@H](N)CC(C)C)SC1. The molecule has 0 fully saturated rings. The Bertz CT molecular complexity index is 281. The molecule has 1 aliphatic heterocycles. The van der Waals surface area contributed by atoms with Crippen LogP contribution in [0.5, 0.6) is 0 Å². The molecule has 0 aromatic carbocycles. The molecule has 0 bridgehead atoms. The van der Waals surface area contributed by atoms with Crippen molar-refractivity contribution in [1.29, 1.82) is 0 Å². The summed E-state index contributed by atoms with van der Waals surface area (Å²) < 4.78 is 6.59.